The molecule has 3 rings (SSSR count). The molecule has 0 aliphatic heterocycles. The SMILES string of the molecule is Cc1ccnc(Nc2cc(NCCNC(=O)c3snnc3C)ncn2)c1. The van der Waals surface area contributed by atoms with E-state index in [1.807, 2.05) is 19.1 Å². The van der Waals surface area contributed by atoms with Gasteiger partial charge in [-0.05, 0) is 43.1 Å². The zero-order chi connectivity index (χ0) is 18.4. The molecule has 26 heavy (non-hydrogen) atoms. The first kappa shape index (κ1) is 17.7. The van der Waals surface area contributed by atoms with Gasteiger partial charge < -0.3 is 16.0 Å². The summed E-state index contributed by atoms with van der Waals surface area (Å²) in [5.74, 6) is 1.83. The van der Waals surface area contributed by atoms with E-state index >= 15 is 0 Å². The highest BCUT2D eigenvalue weighted by Crippen LogP contribution is 2.15. The van der Waals surface area contributed by atoms with Crippen molar-refractivity contribution in [2.45, 2.75) is 13.8 Å². The normalized spacial score (nSPS) is 10.4. The number of aromatic nitrogens is 5. The van der Waals surface area contributed by atoms with Crippen LogP contribution in [0.1, 0.15) is 20.9 Å². The third kappa shape index (κ3) is 4.70. The van der Waals surface area contributed by atoms with E-state index in [1.165, 1.54) is 6.33 Å². The topological polar surface area (TPSA) is 118 Å². The van der Waals surface area contributed by atoms with Crippen molar-refractivity contribution in [2.24, 2.45) is 0 Å². The van der Waals surface area contributed by atoms with Crippen LogP contribution in [0.4, 0.5) is 17.5 Å². The second-order valence-corrected chi connectivity index (χ2v) is 6.26. The second-order valence-electron chi connectivity index (χ2n) is 5.50. The van der Waals surface area contributed by atoms with Crippen LogP contribution in [-0.2, 0) is 0 Å². The quantitative estimate of drug-likeness (QED) is 0.540. The molecule has 0 fully saturated rings. The summed E-state index contributed by atoms with van der Waals surface area (Å²) in [6.45, 7) is 4.73. The van der Waals surface area contributed by atoms with Crippen LogP contribution in [0.2, 0.25) is 0 Å². The van der Waals surface area contributed by atoms with Gasteiger partial charge in [0.1, 0.15) is 28.7 Å². The predicted octanol–water partition coefficient (Wildman–Crippen LogP) is 1.93. The molecule has 0 atom stereocenters. The first-order chi connectivity index (χ1) is 12.6. The Balaban J connectivity index is 1.49. The van der Waals surface area contributed by atoms with Crippen LogP contribution in [-0.4, -0.2) is 43.5 Å². The van der Waals surface area contributed by atoms with Crippen molar-refractivity contribution < 1.29 is 4.79 Å². The minimum atomic E-state index is -0.171. The van der Waals surface area contributed by atoms with Crippen LogP contribution in [0, 0.1) is 13.8 Å². The molecule has 134 valence electrons. The third-order valence-corrected chi connectivity index (χ3v) is 4.24. The zero-order valence-electron chi connectivity index (χ0n) is 14.4. The van der Waals surface area contributed by atoms with Gasteiger partial charge in [0.2, 0.25) is 0 Å². The molecule has 0 spiro atoms. The fraction of sp³-hybridized carbons (Fsp3) is 0.250. The summed E-state index contributed by atoms with van der Waals surface area (Å²) in [4.78, 5) is 25.1. The van der Waals surface area contributed by atoms with Crippen LogP contribution in [0.3, 0.4) is 0 Å². The summed E-state index contributed by atoms with van der Waals surface area (Å²) in [6.07, 6.45) is 3.20. The Morgan fingerprint density at radius 3 is 2.65 bits per heavy atom. The first-order valence-corrected chi connectivity index (χ1v) is 8.72. The molecule has 0 unspecified atom stereocenters. The van der Waals surface area contributed by atoms with Gasteiger partial charge in [-0.15, -0.1) is 5.10 Å². The molecule has 0 bridgehead atoms. The number of rotatable bonds is 7. The lowest BCUT2D eigenvalue weighted by Crippen LogP contribution is -2.28. The lowest BCUT2D eigenvalue weighted by Gasteiger charge is -2.09. The minimum Gasteiger partial charge on any atom is -0.368 e. The maximum atomic E-state index is 12.0. The number of aryl methyl sites for hydroxylation is 2. The molecule has 1 amide bonds. The van der Waals surface area contributed by atoms with Crippen LogP contribution >= 0.6 is 11.5 Å². The van der Waals surface area contributed by atoms with Crippen molar-refractivity contribution in [2.75, 3.05) is 23.7 Å². The number of carbonyl (C=O) groups is 1. The molecular weight excluding hydrogens is 352 g/mol. The number of hydrogen-bond donors (Lipinski definition) is 3. The molecule has 0 saturated heterocycles. The van der Waals surface area contributed by atoms with Crippen molar-refractivity contribution in [1.29, 1.82) is 0 Å². The second kappa shape index (κ2) is 8.30. The highest BCUT2D eigenvalue weighted by molar-refractivity contribution is 7.07. The summed E-state index contributed by atoms with van der Waals surface area (Å²) in [6, 6.07) is 5.64. The number of nitrogens with zero attached hydrogens (tertiary/aromatic N) is 5. The Kier molecular flexibility index (Phi) is 5.64. The molecule has 3 aromatic heterocycles. The van der Waals surface area contributed by atoms with Crippen molar-refractivity contribution in [3.63, 3.8) is 0 Å². The van der Waals surface area contributed by atoms with E-state index in [0.29, 0.717) is 35.3 Å². The molecule has 0 aliphatic rings. The molecule has 0 aromatic carbocycles. The number of carbonyl (C=O) groups excluding carboxylic acids is 1. The Hall–Kier alpha value is -3.14. The molecule has 3 N–H and O–H groups in total. The number of hydrogen-bond acceptors (Lipinski definition) is 9. The lowest BCUT2D eigenvalue weighted by atomic mass is 10.3. The number of pyridine rings is 1. The Morgan fingerprint density at radius 2 is 1.88 bits per heavy atom. The molecule has 3 heterocycles. The lowest BCUT2D eigenvalue weighted by molar-refractivity contribution is 0.0958. The highest BCUT2D eigenvalue weighted by Gasteiger charge is 2.12. The Morgan fingerprint density at radius 1 is 1.08 bits per heavy atom. The summed E-state index contributed by atoms with van der Waals surface area (Å²) in [7, 11) is 0. The molecule has 0 saturated carbocycles. The van der Waals surface area contributed by atoms with Crippen LogP contribution in [0.25, 0.3) is 0 Å². The van der Waals surface area contributed by atoms with Gasteiger partial charge in [0, 0.05) is 25.4 Å². The van der Waals surface area contributed by atoms with Gasteiger partial charge in [-0.3, -0.25) is 4.79 Å². The van der Waals surface area contributed by atoms with Gasteiger partial charge in [0.15, 0.2) is 0 Å². The zero-order valence-corrected chi connectivity index (χ0v) is 15.2. The van der Waals surface area contributed by atoms with Crippen LogP contribution in [0.5, 0.6) is 0 Å². The Labute approximate surface area is 154 Å². The minimum absolute atomic E-state index is 0.171. The smallest absolute Gasteiger partial charge is 0.265 e. The average Bonchev–Trinajstić information content (AvgIpc) is 3.05. The third-order valence-electron chi connectivity index (χ3n) is 3.41. The van der Waals surface area contributed by atoms with E-state index in [9.17, 15) is 4.79 Å². The summed E-state index contributed by atoms with van der Waals surface area (Å²) in [5, 5.41) is 12.9. The van der Waals surface area contributed by atoms with E-state index in [-0.39, 0.29) is 5.91 Å². The molecular formula is C16H18N8OS. The van der Waals surface area contributed by atoms with E-state index in [1.54, 1.807) is 19.2 Å². The van der Waals surface area contributed by atoms with Gasteiger partial charge in [-0.25, -0.2) is 15.0 Å². The summed E-state index contributed by atoms with van der Waals surface area (Å²) >= 11 is 1.09. The van der Waals surface area contributed by atoms with Crippen molar-refractivity contribution >= 4 is 34.9 Å². The fourth-order valence-electron chi connectivity index (χ4n) is 2.14. The largest absolute Gasteiger partial charge is 0.368 e. The monoisotopic (exact) mass is 370 g/mol. The standard InChI is InChI=1S/C16H18N8OS/c1-10-3-4-17-13(7-10)22-14-8-12(20-9-21-14)18-5-6-19-16(25)15-11(2)23-24-26-15/h3-4,7-9H,5-6H2,1-2H3,(H,19,25)(H2,17,18,20,21,22). The van der Waals surface area contributed by atoms with E-state index in [4.69, 9.17) is 0 Å². The van der Waals surface area contributed by atoms with Gasteiger partial charge in [-0.1, -0.05) is 4.49 Å². The molecule has 0 aliphatic carbocycles. The van der Waals surface area contributed by atoms with Crippen LogP contribution < -0.4 is 16.0 Å². The van der Waals surface area contributed by atoms with Gasteiger partial charge in [0.05, 0.1) is 5.69 Å². The van der Waals surface area contributed by atoms with Gasteiger partial charge >= 0.3 is 0 Å². The molecule has 10 heteroatoms. The number of anilines is 3. The van der Waals surface area contributed by atoms with Crippen molar-refractivity contribution in [3.8, 4) is 0 Å². The van der Waals surface area contributed by atoms with E-state index in [2.05, 4.69) is 40.5 Å². The van der Waals surface area contributed by atoms with E-state index in [0.717, 1.165) is 22.9 Å². The highest BCUT2D eigenvalue weighted by atomic mass is 32.1. The number of nitrogens with one attached hydrogen (secondary N) is 3. The summed E-state index contributed by atoms with van der Waals surface area (Å²) < 4.78 is 3.75. The maximum Gasteiger partial charge on any atom is 0.265 e. The molecule has 3 aromatic rings. The maximum absolute atomic E-state index is 12.0. The predicted molar refractivity (Wildman–Crippen MR) is 99.8 cm³/mol. The van der Waals surface area contributed by atoms with Crippen molar-refractivity contribution in [1.82, 2.24) is 29.9 Å². The molecule has 0 radical (unpaired) electrons. The van der Waals surface area contributed by atoms with Gasteiger partial charge in [0.25, 0.3) is 5.91 Å². The number of amides is 1. The van der Waals surface area contributed by atoms with Crippen molar-refractivity contribution in [3.05, 3.63) is 46.9 Å². The summed E-state index contributed by atoms with van der Waals surface area (Å²) in [5.41, 5.74) is 1.74. The fourth-order valence-corrected chi connectivity index (χ4v) is 2.72. The van der Waals surface area contributed by atoms with Crippen LogP contribution in [0.15, 0.2) is 30.7 Å². The average molecular weight is 370 g/mol. The molecule has 9 nitrogen and oxygen atoms in total. The van der Waals surface area contributed by atoms with Gasteiger partial charge in [-0.2, -0.15) is 0 Å². The first-order valence-electron chi connectivity index (χ1n) is 7.94. The Bertz CT molecular complexity index is 897. The van der Waals surface area contributed by atoms with E-state index < -0.39 is 0 Å².